The number of amides is 2. The predicted octanol–water partition coefficient (Wildman–Crippen LogP) is 4.24. The van der Waals surface area contributed by atoms with Gasteiger partial charge in [-0.2, -0.15) is 0 Å². The molecule has 4 rings (SSSR count). The number of rotatable bonds is 7. The van der Waals surface area contributed by atoms with Crippen LogP contribution in [0.4, 0.5) is 10.1 Å². The van der Waals surface area contributed by atoms with E-state index < -0.39 is 0 Å². The summed E-state index contributed by atoms with van der Waals surface area (Å²) in [5.41, 5.74) is 1.56. The normalized spacial score (nSPS) is 19.4. The smallest absolute Gasteiger partial charge is 0.253 e. The first-order chi connectivity index (χ1) is 16.0. The number of anilines is 1. The van der Waals surface area contributed by atoms with Gasteiger partial charge in [0.05, 0.1) is 17.4 Å². The average Bonchev–Trinajstić information content (AvgIpc) is 3.34. The van der Waals surface area contributed by atoms with Crippen LogP contribution in [0.1, 0.15) is 41.6 Å². The number of carbonyl (C=O) groups is 2. The van der Waals surface area contributed by atoms with Gasteiger partial charge in [-0.25, -0.2) is 4.39 Å². The fraction of sp³-hybridized carbons (Fsp3) is 0.440. The van der Waals surface area contributed by atoms with Gasteiger partial charge >= 0.3 is 0 Å². The molecule has 2 aliphatic rings. The van der Waals surface area contributed by atoms with Crippen LogP contribution in [0.5, 0.6) is 0 Å². The Bertz CT molecular complexity index is 989. The molecule has 176 valence electrons. The maximum atomic E-state index is 14.1. The van der Waals surface area contributed by atoms with Crippen molar-refractivity contribution in [1.82, 2.24) is 10.2 Å². The van der Waals surface area contributed by atoms with Gasteiger partial charge in [0, 0.05) is 36.2 Å². The molecule has 0 spiro atoms. The molecule has 2 aromatic carbocycles. The third-order valence-corrected chi connectivity index (χ3v) is 6.55. The van der Waals surface area contributed by atoms with Gasteiger partial charge in [-0.1, -0.05) is 29.8 Å². The molecule has 2 aliphatic heterocycles. The second-order valence-electron chi connectivity index (χ2n) is 8.67. The minimum atomic E-state index is -0.309. The van der Waals surface area contributed by atoms with Crippen molar-refractivity contribution < 1.29 is 18.7 Å². The Balaban J connectivity index is 1.29. The van der Waals surface area contributed by atoms with Gasteiger partial charge in [0.2, 0.25) is 5.91 Å². The van der Waals surface area contributed by atoms with Crippen molar-refractivity contribution in [3.8, 4) is 0 Å². The lowest BCUT2D eigenvalue weighted by Crippen LogP contribution is -2.38. The minimum absolute atomic E-state index is 0.0576. The first-order valence-electron chi connectivity index (χ1n) is 11.5. The topological polar surface area (TPSA) is 70.7 Å². The van der Waals surface area contributed by atoms with Crippen LogP contribution in [-0.4, -0.2) is 49.1 Å². The SMILES string of the molecule is O=C(NC[C@@H]1CCCO1)c1ccccc1NC(=O)C1CCN(Cc2ccc(Cl)cc2F)CC1. The molecule has 33 heavy (non-hydrogen) atoms. The van der Waals surface area contributed by atoms with E-state index in [1.54, 1.807) is 36.4 Å². The number of piperidine rings is 1. The van der Waals surface area contributed by atoms with Gasteiger partial charge in [-0.05, 0) is 63.0 Å². The summed E-state index contributed by atoms with van der Waals surface area (Å²) < 4.78 is 19.6. The molecule has 0 aromatic heterocycles. The standard InChI is InChI=1S/C25H29ClFN3O3/c26-19-8-7-18(22(27)14-19)16-30-11-9-17(10-12-30)24(31)29-23-6-2-1-5-21(23)25(32)28-15-20-4-3-13-33-20/h1-2,5-8,14,17,20H,3-4,9-13,15-16H2,(H,28,32)(H,29,31)/t20-/m0/s1. The summed E-state index contributed by atoms with van der Waals surface area (Å²) in [5, 5.41) is 6.24. The molecule has 0 unspecified atom stereocenters. The van der Waals surface area contributed by atoms with E-state index in [0.29, 0.717) is 60.9 Å². The van der Waals surface area contributed by atoms with Gasteiger partial charge in [0.1, 0.15) is 5.82 Å². The Hall–Kier alpha value is -2.48. The second kappa shape index (κ2) is 11.1. The van der Waals surface area contributed by atoms with Crippen LogP contribution < -0.4 is 10.6 Å². The fourth-order valence-electron chi connectivity index (χ4n) is 4.38. The van der Waals surface area contributed by atoms with E-state index in [0.717, 1.165) is 19.4 Å². The number of hydrogen-bond donors (Lipinski definition) is 2. The fourth-order valence-corrected chi connectivity index (χ4v) is 4.53. The Morgan fingerprint density at radius 2 is 1.91 bits per heavy atom. The number of halogens is 2. The molecule has 2 fully saturated rings. The highest BCUT2D eigenvalue weighted by Gasteiger charge is 2.26. The Morgan fingerprint density at radius 3 is 2.64 bits per heavy atom. The lowest BCUT2D eigenvalue weighted by Gasteiger charge is -2.31. The summed E-state index contributed by atoms with van der Waals surface area (Å²) in [4.78, 5) is 27.7. The van der Waals surface area contributed by atoms with Crippen LogP contribution in [0, 0.1) is 11.7 Å². The van der Waals surface area contributed by atoms with Crippen LogP contribution in [0.2, 0.25) is 5.02 Å². The number of ether oxygens (including phenoxy) is 1. The van der Waals surface area contributed by atoms with Crippen molar-refractivity contribution in [3.63, 3.8) is 0 Å². The molecule has 1 atom stereocenters. The molecular formula is C25H29ClFN3O3. The summed E-state index contributed by atoms with van der Waals surface area (Å²) in [6.07, 6.45) is 3.37. The van der Waals surface area contributed by atoms with E-state index in [9.17, 15) is 14.0 Å². The van der Waals surface area contributed by atoms with Gasteiger partial charge in [-0.15, -0.1) is 0 Å². The van der Waals surface area contributed by atoms with E-state index in [2.05, 4.69) is 15.5 Å². The van der Waals surface area contributed by atoms with E-state index in [4.69, 9.17) is 16.3 Å². The Morgan fingerprint density at radius 1 is 1.12 bits per heavy atom. The molecule has 2 amide bonds. The average molecular weight is 474 g/mol. The van der Waals surface area contributed by atoms with Crippen LogP contribution in [0.15, 0.2) is 42.5 Å². The molecule has 2 aromatic rings. The first kappa shape index (κ1) is 23.7. The van der Waals surface area contributed by atoms with Gasteiger partial charge < -0.3 is 15.4 Å². The highest BCUT2D eigenvalue weighted by Crippen LogP contribution is 2.24. The summed E-state index contributed by atoms with van der Waals surface area (Å²) >= 11 is 5.83. The molecule has 6 nitrogen and oxygen atoms in total. The second-order valence-corrected chi connectivity index (χ2v) is 9.10. The predicted molar refractivity (Wildman–Crippen MR) is 126 cm³/mol. The molecule has 8 heteroatoms. The number of nitrogens with zero attached hydrogens (tertiary/aromatic N) is 1. The largest absolute Gasteiger partial charge is 0.376 e. The quantitative estimate of drug-likeness (QED) is 0.631. The summed E-state index contributed by atoms with van der Waals surface area (Å²) in [5.74, 6) is -0.774. The van der Waals surface area contributed by atoms with Crippen molar-refractivity contribution in [3.05, 3.63) is 64.4 Å². The molecule has 0 aliphatic carbocycles. The van der Waals surface area contributed by atoms with Crippen molar-refractivity contribution in [2.24, 2.45) is 5.92 Å². The van der Waals surface area contributed by atoms with E-state index in [1.165, 1.54) is 6.07 Å². The number of para-hydroxylation sites is 1. The lowest BCUT2D eigenvalue weighted by atomic mass is 9.95. The molecule has 0 bridgehead atoms. The van der Waals surface area contributed by atoms with Crippen molar-refractivity contribution in [2.75, 3.05) is 31.6 Å². The number of hydrogen-bond acceptors (Lipinski definition) is 4. The summed E-state index contributed by atoms with van der Waals surface area (Å²) in [7, 11) is 0. The maximum absolute atomic E-state index is 14.1. The number of carbonyl (C=O) groups excluding carboxylic acids is 2. The van der Waals surface area contributed by atoms with Crippen LogP contribution >= 0.6 is 11.6 Å². The molecule has 0 radical (unpaired) electrons. The van der Waals surface area contributed by atoms with Gasteiger partial charge in [0.25, 0.3) is 5.91 Å². The van der Waals surface area contributed by atoms with Gasteiger partial charge in [0.15, 0.2) is 0 Å². The van der Waals surface area contributed by atoms with E-state index in [-0.39, 0.29) is 29.7 Å². The minimum Gasteiger partial charge on any atom is -0.376 e. The molecule has 0 saturated carbocycles. The zero-order chi connectivity index (χ0) is 23.2. The summed E-state index contributed by atoms with van der Waals surface area (Å²) in [6.45, 7) is 3.09. The monoisotopic (exact) mass is 473 g/mol. The molecule has 2 saturated heterocycles. The summed E-state index contributed by atoms with van der Waals surface area (Å²) in [6, 6.07) is 11.8. The highest BCUT2D eigenvalue weighted by atomic mass is 35.5. The zero-order valence-electron chi connectivity index (χ0n) is 18.5. The zero-order valence-corrected chi connectivity index (χ0v) is 19.2. The van der Waals surface area contributed by atoms with Crippen LogP contribution in [0.3, 0.4) is 0 Å². The highest BCUT2D eigenvalue weighted by molar-refractivity contribution is 6.30. The van der Waals surface area contributed by atoms with E-state index in [1.807, 2.05) is 0 Å². The third-order valence-electron chi connectivity index (χ3n) is 6.31. The number of nitrogens with one attached hydrogen (secondary N) is 2. The van der Waals surface area contributed by atoms with Crippen molar-refractivity contribution in [2.45, 2.75) is 38.3 Å². The van der Waals surface area contributed by atoms with Crippen molar-refractivity contribution in [1.29, 1.82) is 0 Å². The third kappa shape index (κ3) is 6.31. The first-order valence-corrected chi connectivity index (χ1v) is 11.8. The Labute approximate surface area is 198 Å². The lowest BCUT2D eigenvalue weighted by molar-refractivity contribution is -0.121. The molecule has 2 N–H and O–H groups in total. The maximum Gasteiger partial charge on any atom is 0.253 e. The van der Waals surface area contributed by atoms with Crippen molar-refractivity contribution >= 4 is 29.1 Å². The molecular weight excluding hydrogens is 445 g/mol. The van der Waals surface area contributed by atoms with E-state index >= 15 is 0 Å². The number of benzene rings is 2. The Kier molecular flexibility index (Phi) is 7.96. The van der Waals surface area contributed by atoms with Crippen LogP contribution in [-0.2, 0) is 16.1 Å². The van der Waals surface area contributed by atoms with Crippen LogP contribution in [0.25, 0.3) is 0 Å². The molecule has 2 heterocycles. The number of likely N-dealkylation sites (tertiary alicyclic amines) is 1. The van der Waals surface area contributed by atoms with Gasteiger partial charge in [-0.3, -0.25) is 14.5 Å².